The Labute approximate surface area is 143 Å². The number of nitrogens with two attached hydrogens (primary N) is 1. The highest BCUT2D eigenvalue weighted by atomic mass is 127. The zero-order chi connectivity index (χ0) is 15.4. The fourth-order valence-corrected chi connectivity index (χ4v) is 4.82. The molecule has 1 aliphatic heterocycles. The van der Waals surface area contributed by atoms with Crippen molar-refractivity contribution in [2.75, 3.05) is 18.0 Å². The molecular weight excluding hydrogens is 391 g/mol. The molecule has 2 fully saturated rings. The average molecular weight is 412 g/mol. The fourth-order valence-electron chi connectivity index (χ4n) is 4.31. The molecule has 1 saturated carbocycles. The summed E-state index contributed by atoms with van der Waals surface area (Å²) in [6.07, 6.45) is 9.64. The van der Waals surface area contributed by atoms with E-state index >= 15 is 0 Å². The Balaban J connectivity index is 1.61. The number of piperidine rings is 1. The van der Waals surface area contributed by atoms with Gasteiger partial charge >= 0.3 is 0 Å². The van der Waals surface area contributed by atoms with Crippen molar-refractivity contribution in [1.29, 1.82) is 0 Å². The minimum atomic E-state index is -0.00946. The van der Waals surface area contributed by atoms with Crippen molar-refractivity contribution in [2.45, 2.75) is 44.6 Å². The topological polar surface area (TPSA) is 72.3 Å². The Morgan fingerprint density at radius 2 is 2.00 bits per heavy atom. The van der Waals surface area contributed by atoms with Crippen molar-refractivity contribution >= 4 is 34.2 Å². The standard InChI is InChI=1S/C15H21IN6/c1-14(17)3-2-4-15(14)5-7-21(8-6-15)13-18-9-11(16)12-20-19-10-22(12)13/h9-10H,2-8,17H2,1H3. The molecule has 0 amide bonds. The first kappa shape index (κ1) is 14.6. The maximum absolute atomic E-state index is 6.61. The molecule has 2 aromatic heterocycles. The highest BCUT2D eigenvalue weighted by Crippen LogP contribution is 2.51. The number of halogens is 1. The Hall–Kier alpha value is -0.960. The van der Waals surface area contributed by atoms with Gasteiger partial charge in [0.2, 0.25) is 5.95 Å². The van der Waals surface area contributed by atoms with Crippen molar-refractivity contribution < 1.29 is 0 Å². The van der Waals surface area contributed by atoms with E-state index < -0.39 is 0 Å². The summed E-state index contributed by atoms with van der Waals surface area (Å²) in [6, 6.07) is 0. The number of fused-ring (bicyclic) bond motifs is 1. The highest BCUT2D eigenvalue weighted by Gasteiger charge is 2.50. The first-order valence-corrected chi connectivity index (χ1v) is 8.98. The molecule has 6 nitrogen and oxygen atoms in total. The molecule has 118 valence electrons. The summed E-state index contributed by atoms with van der Waals surface area (Å²) in [5.74, 6) is 0.951. The lowest BCUT2D eigenvalue weighted by molar-refractivity contribution is 0.130. The predicted octanol–water partition coefficient (Wildman–Crippen LogP) is 2.22. The SMILES string of the molecule is CC1(N)CCCC12CCN(c1ncc(I)c3nncn13)CC2. The van der Waals surface area contributed by atoms with Crippen molar-refractivity contribution in [3.8, 4) is 0 Å². The first-order chi connectivity index (χ1) is 10.5. The van der Waals surface area contributed by atoms with Gasteiger partial charge in [-0.05, 0) is 60.6 Å². The Morgan fingerprint density at radius 3 is 2.68 bits per heavy atom. The lowest BCUT2D eigenvalue weighted by Crippen LogP contribution is -2.54. The van der Waals surface area contributed by atoms with Gasteiger partial charge in [0.25, 0.3) is 0 Å². The minimum Gasteiger partial charge on any atom is -0.342 e. The minimum absolute atomic E-state index is 0.00946. The van der Waals surface area contributed by atoms with Crippen LogP contribution in [-0.4, -0.2) is 38.2 Å². The number of aromatic nitrogens is 4. The molecule has 3 heterocycles. The second-order valence-electron chi connectivity index (χ2n) is 6.97. The van der Waals surface area contributed by atoms with Crippen molar-refractivity contribution in [3.05, 3.63) is 16.1 Å². The summed E-state index contributed by atoms with van der Waals surface area (Å²) < 4.78 is 3.02. The second-order valence-corrected chi connectivity index (χ2v) is 8.13. The van der Waals surface area contributed by atoms with Crippen LogP contribution >= 0.6 is 22.6 Å². The monoisotopic (exact) mass is 412 g/mol. The van der Waals surface area contributed by atoms with E-state index in [2.05, 4.69) is 49.6 Å². The van der Waals surface area contributed by atoms with E-state index in [9.17, 15) is 0 Å². The lowest BCUT2D eigenvalue weighted by Gasteiger charge is -2.47. The molecule has 0 radical (unpaired) electrons. The van der Waals surface area contributed by atoms with Crippen LogP contribution in [0.5, 0.6) is 0 Å². The van der Waals surface area contributed by atoms with Gasteiger partial charge in [0, 0.05) is 24.8 Å². The van der Waals surface area contributed by atoms with Gasteiger partial charge in [-0.2, -0.15) is 0 Å². The van der Waals surface area contributed by atoms with Gasteiger partial charge in [0.15, 0.2) is 5.65 Å². The number of rotatable bonds is 1. The predicted molar refractivity (Wildman–Crippen MR) is 93.8 cm³/mol. The summed E-state index contributed by atoms with van der Waals surface area (Å²) in [7, 11) is 0. The highest BCUT2D eigenvalue weighted by molar-refractivity contribution is 14.1. The van der Waals surface area contributed by atoms with Gasteiger partial charge in [-0.1, -0.05) is 6.42 Å². The third-order valence-electron chi connectivity index (χ3n) is 5.84. The summed E-state index contributed by atoms with van der Waals surface area (Å²) in [5.41, 5.74) is 7.80. The number of hydrogen-bond acceptors (Lipinski definition) is 5. The van der Waals surface area contributed by atoms with Gasteiger partial charge in [0.05, 0.1) is 3.57 Å². The Bertz CT molecular complexity index is 701. The smallest absolute Gasteiger partial charge is 0.212 e. The molecule has 22 heavy (non-hydrogen) atoms. The van der Waals surface area contributed by atoms with E-state index in [4.69, 9.17) is 5.73 Å². The average Bonchev–Trinajstić information content (AvgIpc) is 3.08. The van der Waals surface area contributed by atoms with Crippen LogP contribution in [-0.2, 0) is 0 Å². The Morgan fingerprint density at radius 1 is 1.23 bits per heavy atom. The molecule has 2 N–H and O–H groups in total. The van der Waals surface area contributed by atoms with Crippen molar-refractivity contribution in [3.63, 3.8) is 0 Å². The van der Waals surface area contributed by atoms with E-state index in [-0.39, 0.29) is 5.54 Å². The molecule has 1 unspecified atom stereocenters. The molecular formula is C15H21IN6. The molecule has 4 rings (SSSR count). The van der Waals surface area contributed by atoms with Gasteiger partial charge in [-0.3, -0.25) is 4.40 Å². The van der Waals surface area contributed by atoms with Crippen LogP contribution in [0.3, 0.4) is 0 Å². The molecule has 2 aromatic rings. The molecule has 1 aliphatic carbocycles. The van der Waals surface area contributed by atoms with Gasteiger partial charge in [-0.15, -0.1) is 10.2 Å². The first-order valence-electron chi connectivity index (χ1n) is 7.91. The molecule has 7 heteroatoms. The van der Waals surface area contributed by atoms with Crippen LogP contribution < -0.4 is 10.6 Å². The summed E-state index contributed by atoms with van der Waals surface area (Å²) >= 11 is 2.25. The van der Waals surface area contributed by atoms with Crippen LogP contribution in [0.4, 0.5) is 5.95 Å². The summed E-state index contributed by atoms with van der Waals surface area (Å²) in [5, 5.41) is 8.22. The molecule has 1 spiro atoms. The molecule has 1 atom stereocenters. The zero-order valence-electron chi connectivity index (χ0n) is 12.8. The number of nitrogens with zero attached hydrogens (tertiary/aromatic N) is 5. The van der Waals surface area contributed by atoms with Gasteiger partial charge in [0.1, 0.15) is 6.33 Å². The third kappa shape index (κ3) is 2.05. The van der Waals surface area contributed by atoms with Crippen LogP contribution in [0.1, 0.15) is 39.0 Å². The zero-order valence-corrected chi connectivity index (χ0v) is 15.0. The van der Waals surface area contributed by atoms with E-state index in [1.165, 1.54) is 12.8 Å². The summed E-state index contributed by atoms with van der Waals surface area (Å²) in [4.78, 5) is 6.98. The quantitative estimate of drug-likeness (QED) is 0.728. The van der Waals surface area contributed by atoms with Crippen LogP contribution in [0, 0.1) is 8.99 Å². The normalized spacial score (nSPS) is 27.9. The van der Waals surface area contributed by atoms with Crippen molar-refractivity contribution in [2.24, 2.45) is 11.1 Å². The Kier molecular flexibility index (Phi) is 3.34. The lowest BCUT2D eigenvalue weighted by atomic mass is 9.67. The maximum Gasteiger partial charge on any atom is 0.212 e. The molecule has 0 bridgehead atoms. The molecule has 2 aliphatic rings. The second kappa shape index (κ2) is 5.02. The van der Waals surface area contributed by atoms with Crippen LogP contribution in [0.15, 0.2) is 12.5 Å². The van der Waals surface area contributed by atoms with Crippen LogP contribution in [0.25, 0.3) is 5.65 Å². The molecule has 0 aromatic carbocycles. The largest absolute Gasteiger partial charge is 0.342 e. The van der Waals surface area contributed by atoms with Crippen LogP contribution in [0.2, 0.25) is 0 Å². The third-order valence-corrected chi connectivity index (χ3v) is 6.60. The number of anilines is 1. The fraction of sp³-hybridized carbons (Fsp3) is 0.667. The van der Waals surface area contributed by atoms with Gasteiger partial charge < -0.3 is 10.6 Å². The molecule has 1 saturated heterocycles. The van der Waals surface area contributed by atoms with E-state index in [1.54, 1.807) is 6.33 Å². The number of hydrogen-bond donors (Lipinski definition) is 1. The van der Waals surface area contributed by atoms with E-state index in [1.807, 2.05) is 10.6 Å². The maximum atomic E-state index is 6.61. The van der Waals surface area contributed by atoms with E-state index in [0.717, 1.165) is 47.5 Å². The summed E-state index contributed by atoms with van der Waals surface area (Å²) in [6.45, 7) is 4.26. The van der Waals surface area contributed by atoms with E-state index in [0.29, 0.717) is 5.41 Å². The van der Waals surface area contributed by atoms with Gasteiger partial charge in [-0.25, -0.2) is 4.98 Å². The van der Waals surface area contributed by atoms with Crippen molar-refractivity contribution in [1.82, 2.24) is 19.6 Å².